The molecule has 1 heterocycles. The first kappa shape index (κ1) is 13.5. The molecular weight excluding hydrogens is 321 g/mol. The lowest BCUT2D eigenvalue weighted by Crippen LogP contribution is -2.22. The van der Waals surface area contributed by atoms with E-state index in [0.29, 0.717) is 10.6 Å². The van der Waals surface area contributed by atoms with Crippen LogP contribution in [-0.4, -0.2) is 16.8 Å². The smallest absolute Gasteiger partial charge is 0.129 e. The first-order valence-corrected chi connectivity index (χ1v) is 6.52. The third-order valence-electron chi connectivity index (χ3n) is 2.79. The first-order chi connectivity index (χ1) is 8.56. The van der Waals surface area contributed by atoms with E-state index in [1.54, 1.807) is 37.1 Å². The number of nitrogens with one attached hydrogen (secondary N) is 1. The molecule has 0 fully saturated rings. The van der Waals surface area contributed by atoms with E-state index >= 15 is 0 Å². The van der Waals surface area contributed by atoms with E-state index in [0.717, 1.165) is 10.2 Å². The summed E-state index contributed by atoms with van der Waals surface area (Å²) in [6.07, 6.45) is 1.68. The summed E-state index contributed by atoms with van der Waals surface area (Å²) < 4.78 is 16.5. The molecule has 1 aromatic carbocycles. The molecule has 0 bridgehead atoms. The molecule has 0 aliphatic carbocycles. The van der Waals surface area contributed by atoms with E-state index < -0.39 is 0 Å². The molecule has 0 spiro atoms. The van der Waals surface area contributed by atoms with Crippen molar-refractivity contribution in [1.82, 2.24) is 15.1 Å². The summed E-state index contributed by atoms with van der Waals surface area (Å²) in [5.74, 6) is -0.338. The van der Waals surface area contributed by atoms with Crippen LogP contribution in [-0.2, 0) is 7.05 Å². The molecule has 3 nitrogen and oxygen atoms in total. The Morgan fingerprint density at radius 2 is 2.22 bits per heavy atom. The standard InChI is InChI=1S/C12H12BrClFN3/c1-16-11(12-7(13)6-17-18(12)2)10-8(14)4-3-5-9(10)15/h3-6,11,16H,1-2H3. The molecule has 18 heavy (non-hydrogen) atoms. The van der Waals surface area contributed by atoms with E-state index in [1.807, 2.05) is 0 Å². The Morgan fingerprint density at radius 3 is 2.72 bits per heavy atom. The lowest BCUT2D eigenvalue weighted by molar-refractivity contribution is 0.551. The van der Waals surface area contributed by atoms with Crippen molar-refractivity contribution in [1.29, 1.82) is 0 Å². The molecule has 0 amide bonds. The highest BCUT2D eigenvalue weighted by Gasteiger charge is 2.24. The number of halogens is 3. The van der Waals surface area contributed by atoms with Gasteiger partial charge in [-0.1, -0.05) is 17.7 Å². The van der Waals surface area contributed by atoms with Crippen molar-refractivity contribution in [3.05, 3.63) is 51.0 Å². The predicted octanol–water partition coefficient (Wildman–Crippen LogP) is 3.28. The molecule has 6 heteroatoms. The number of aryl methyl sites for hydroxylation is 1. The van der Waals surface area contributed by atoms with Crippen molar-refractivity contribution in [2.24, 2.45) is 7.05 Å². The van der Waals surface area contributed by atoms with Crippen LogP contribution in [0, 0.1) is 5.82 Å². The maximum atomic E-state index is 14.0. The quantitative estimate of drug-likeness (QED) is 0.935. The van der Waals surface area contributed by atoms with E-state index in [-0.39, 0.29) is 11.9 Å². The number of hydrogen-bond donors (Lipinski definition) is 1. The van der Waals surface area contributed by atoms with Crippen LogP contribution in [0.5, 0.6) is 0 Å². The molecule has 1 aromatic heterocycles. The van der Waals surface area contributed by atoms with Gasteiger partial charge in [0.15, 0.2) is 0 Å². The molecule has 1 unspecified atom stereocenters. The summed E-state index contributed by atoms with van der Waals surface area (Å²) >= 11 is 9.52. The van der Waals surface area contributed by atoms with Gasteiger partial charge in [-0.3, -0.25) is 4.68 Å². The average molecular weight is 333 g/mol. The third-order valence-corrected chi connectivity index (χ3v) is 3.73. The van der Waals surface area contributed by atoms with Crippen molar-refractivity contribution >= 4 is 27.5 Å². The molecule has 2 aromatic rings. The maximum Gasteiger partial charge on any atom is 0.129 e. The fourth-order valence-corrected chi connectivity index (χ4v) is 2.80. The summed E-state index contributed by atoms with van der Waals surface area (Å²) in [4.78, 5) is 0. The highest BCUT2D eigenvalue weighted by molar-refractivity contribution is 9.10. The fourth-order valence-electron chi connectivity index (χ4n) is 1.95. The zero-order valence-corrected chi connectivity index (χ0v) is 12.3. The fraction of sp³-hybridized carbons (Fsp3) is 0.250. The van der Waals surface area contributed by atoms with Gasteiger partial charge < -0.3 is 5.32 Å². The zero-order chi connectivity index (χ0) is 13.3. The molecule has 96 valence electrons. The van der Waals surface area contributed by atoms with Crippen molar-refractivity contribution in [3.8, 4) is 0 Å². The van der Waals surface area contributed by atoms with Crippen LogP contribution < -0.4 is 5.32 Å². The topological polar surface area (TPSA) is 29.9 Å². The lowest BCUT2D eigenvalue weighted by atomic mass is 10.0. The monoisotopic (exact) mass is 331 g/mol. The molecule has 1 N–H and O–H groups in total. The first-order valence-electron chi connectivity index (χ1n) is 5.34. The van der Waals surface area contributed by atoms with E-state index in [2.05, 4.69) is 26.3 Å². The lowest BCUT2D eigenvalue weighted by Gasteiger charge is -2.19. The Hall–Kier alpha value is -0.910. The van der Waals surface area contributed by atoms with Crippen molar-refractivity contribution in [2.45, 2.75) is 6.04 Å². The van der Waals surface area contributed by atoms with Crippen LogP contribution in [0.1, 0.15) is 17.3 Å². The number of rotatable bonds is 3. The SMILES string of the molecule is CNC(c1c(F)cccc1Cl)c1c(Br)cnn1C. The van der Waals surface area contributed by atoms with Gasteiger partial charge in [-0.2, -0.15) is 5.10 Å². The van der Waals surface area contributed by atoms with Crippen LogP contribution in [0.25, 0.3) is 0 Å². The number of nitrogens with zero attached hydrogens (tertiary/aromatic N) is 2. The summed E-state index contributed by atoms with van der Waals surface area (Å²) in [6, 6.07) is 4.30. The normalized spacial score (nSPS) is 12.7. The van der Waals surface area contributed by atoms with Gasteiger partial charge in [0.1, 0.15) is 5.82 Å². The molecule has 0 saturated carbocycles. The Labute approximate surface area is 118 Å². The number of aromatic nitrogens is 2. The van der Waals surface area contributed by atoms with Gasteiger partial charge in [-0.05, 0) is 35.1 Å². The van der Waals surface area contributed by atoms with Crippen LogP contribution in [0.2, 0.25) is 5.02 Å². The largest absolute Gasteiger partial charge is 0.308 e. The molecule has 0 aliphatic heterocycles. The third kappa shape index (κ3) is 2.30. The van der Waals surface area contributed by atoms with Crippen LogP contribution >= 0.6 is 27.5 Å². The average Bonchev–Trinajstić information content (AvgIpc) is 2.65. The minimum atomic E-state index is -0.361. The Balaban J connectivity index is 2.59. The maximum absolute atomic E-state index is 14.0. The zero-order valence-electron chi connectivity index (χ0n) is 9.92. The van der Waals surface area contributed by atoms with Gasteiger partial charge in [0.2, 0.25) is 0 Å². The van der Waals surface area contributed by atoms with Crippen molar-refractivity contribution in [3.63, 3.8) is 0 Å². The van der Waals surface area contributed by atoms with E-state index in [9.17, 15) is 4.39 Å². The van der Waals surface area contributed by atoms with Gasteiger partial charge in [0.05, 0.1) is 22.4 Å². The minimum absolute atomic E-state index is 0.338. The second kappa shape index (κ2) is 5.38. The summed E-state index contributed by atoms with van der Waals surface area (Å²) in [5, 5.41) is 7.59. The summed E-state index contributed by atoms with van der Waals surface area (Å²) in [6.45, 7) is 0. The number of benzene rings is 1. The Kier molecular flexibility index (Phi) is 4.04. The van der Waals surface area contributed by atoms with Crippen molar-refractivity contribution in [2.75, 3.05) is 7.05 Å². The van der Waals surface area contributed by atoms with Crippen LogP contribution in [0.3, 0.4) is 0 Å². The van der Waals surface area contributed by atoms with Crippen LogP contribution in [0.4, 0.5) is 4.39 Å². The minimum Gasteiger partial charge on any atom is -0.308 e. The van der Waals surface area contributed by atoms with E-state index in [1.165, 1.54) is 6.07 Å². The van der Waals surface area contributed by atoms with Gasteiger partial charge in [-0.25, -0.2) is 4.39 Å². The Morgan fingerprint density at radius 1 is 1.50 bits per heavy atom. The molecule has 2 rings (SSSR count). The van der Waals surface area contributed by atoms with E-state index in [4.69, 9.17) is 11.6 Å². The molecule has 0 saturated heterocycles. The summed E-state index contributed by atoms with van der Waals surface area (Å²) in [7, 11) is 3.56. The molecule has 0 radical (unpaired) electrons. The van der Waals surface area contributed by atoms with Crippen molar-refractivity contribution < 1.29 is 4.39 Å². The van der Waals surface area contributed by atoms with Gasteiger partial charge in [0, 0.05) is 17.6 Å². The van der Waals surface area contributed by atoms with Gasteiger partial charge in [-0.15, -0.1) is 0 Å². The number of hydrogen-bond acceptors (Lipinski definition) is 2. The highest BCUT2D eigenvalue weighted by atomic mass is 79.9. The Bertz CT molecular complexity index is 531. The molecule has 0 aliphatic rings. The molecule has 1 atom stereocenters. The van der Waals surface area contributed by atoms with Crippen LogP contribution in [0.15, 0.2) is 28.9 Å². The highest BCUT2D eigenvalue weighted by Crippen LogP contribution is 2.33. The second-order valence-corrected chi connectivity index (χ2v) is 5.12. The summed E-state index contributed by atoms with van der Waals surface area (Å²) in [5.41, 5.74) is 1.25. The molecular formula is C12H12BrClFN3. The van der Waals surface area contributed by atoms with Gasteiger partial charge in [0.25, 0.3) is 0 Å². The van der Waals surface area contributed by atoms with Gasteiger partial charge >= 0.3 is 0 Å². The second-order valence-electron chi connectivity index (χ2n) is 3.86. The predicted molar refractivity (Wildman–Crippen MR) is 73.2 cm³/mol.